The molecule has 0 spiro atoms. The van der Waals surface area contributed by atoms with Crippen molar-refractivity contribution < 1.29 is 4.79 Å². The maximum Gasteiger partial charge on any atom is 0.207 e. The van der Waals surface area contributed by atoms with Gasteiger partial charge >= 0.3 is 0 Å². The Labute approximate surface area is 95.1 Å². The summed E-state index contributed by atoms with van der Waals surface area (Å²) in [4.78, 5) is 12.1. The van der Waals surface area contributed by atoms with E-state index >= 15 is 0 Å². The van der Waals surface area contributed by atoms with Crippen molar-refractivity contribution in [2.45, 2.75) is 27.2 Å². The molecule has 0 saturated heterocycles. The summed E-state index contributed by atoms with van der Waals surface area (Å²) in [5.74, 6) is -1.49. The van der Waals surface area contributed by atoms with Gasteiger partial charge in [0.05, 0.1) is 18.2 Å². The van der Waals surface area contributed by atoms with Crippen molar-refractivity contribution in [3.05, 3.63) is 0 Å². The van der Waals surface area contributed by atoms with Crippen LogP contribution >= 0.6 is 0 Å². The van der Waals surface area contributed by atoms with Gasteiger partial charge in [0.25, 0.3) is 0 Å². The third kappa shape index (κ3) is 1.29. The van der Waals surface area contributed by atoms with Gasteiger partial charge in [-0.15, -0.1) is 0 Å². The third-order valence-electron chi connectivity index (χ3n) is 3.54. The molecule has 1 aliphatic rings. The fourth-order valence-corrected chi connectivity index (χ4v) is 2.52. The van der Waals surface area contributed by atoms with E-state index in [-0.39, 0.29) is 5.92 Å². The van der Waals surface area contributed by atoms with Crippen LogP contribution in [0.5, 0.6) is 0 Å². The minimum absolute atomic E-state index is 0.109. The fraction of sp³-hybridized carbons (Fsp3) is 0.667. The Balaban J connectivity index is 3.39. The maximum atomic E-state index is 12.1. The summed E-state index contributed by atoms with van der Waals surface area (Å²) in [6.07, 6.45) is 0.526. The monoisotopic (exact) mass is 215 g/mol. The van der Waals surface area contributed by atoms with Crippen LogP contribution in [-0.2, 0) is 4.79 Å². The third-order valence-corrected chi connectivity index (χ3v) is 3.54. The van der Waals surface area contributed by atoms with Crippen molar-refractivity contribution in [2.75, 3.05) is 0 Å². The van der Waals surface area contributed by atoms with Crippen molar-refractivity contribution in [3.8, 4) is 18.2 Å². The molecule has 0 aliphatic heterocycles. The van der Waals surface area contributed by atoms with Crippen molar-refractivity contribution in [2.24, 2.45) is 22.7 Å². The van der Waals surface area contributed by atoms with E-state index < -0.39 is 22.5 Å². The highest BCUT2D eigenvalue weighted by Gasteiger charge is 2.59. The standard InChI is InChI=1S/C12H13N3O/c1-8-4-11(2,3)12(6-14,7-15)10(16)9(8)5-13/h8-9H,4H2,1-3H3. The first-order valence-electron chi connectivity index (χ1n) is 5.12. The average Bonchev–Trinajstić information content (AvgIpc) is 2.18. The van der Waals surface area contributed by atoms with Gasteiger partial charge in [-0.25, -0.2) is 0 Å². The smallest absolute Gasteiger partial charge is 0.207 e. The van der Waals surface area contributed by atoms with Crippen LogP contribution in [0.3, 0.4) is 0 Å². The molecule has 0 bridgehead atoms. The van der Waals surface area contributed by atoms with Crippen LogP contribution in [0.15, 0.2) is 0 Å². The number of nitrogens with zero attached hydrogens (tertiary/aromatic N) is 3. The van der Waals surface area contributed by atoms with Gasteiger partial charge in [-0.2, -0.15) is 15.8 Å². The quantitative estimate of drug-likeness (QED) is 0.616. The Kier molecular flexibility index (Phi) is 2.76. The van der Waals surface area contributed by atoms with Crippen LogP contribution in [0.25, 0.3) is 0 Å². The topological polar surface area (TPSA) is 88.4 Å². The molecule has 0 N–H and O–H groups in total. The van der Waals surface area contributed by atoms with Gasteiger partial charge in [0.1, 0.15) is 5.92 Å². The summed E-state index contributed by atoms with van der Waals surface area (Å²) in [5, 5.41) is 27.2. The van der Waals surface area contributed by atoms with Gasteiger partial charge in [0, 0.05) is 5.41 Å². The molecule has 0 amide bonds. The number of rotatable bonds is 0. The fourth-order valence-electron chi connectivity index (χ4n) is 2.52. The van der Waals surface area contributed by atoms with Crippen molar-refractivity contribution in [1.82, 2.24) is 0 Å². The number of nitriles is 3. The Morgan fingerprint density at radius 2 is 1.75 bits per heavy atom. The summed E-state index contributed by atoms with van der Waals surface area (Å²) in [6, 6.07) is 5.57. The Morgan fingerprint density at radius 1 is 1.25 bits per heavy atom. The molecule has 1 aliphatic carbocycles. The van der Waals surface area contributed by atoms with Gasteiger partial charge in [-0.3, -0.25) is 4.79 Å². The second-order valence-corrected chi connectivity index (χ2v) is 5.01. The van der Waals surface area contributed by atoms with Gasteiger partial charge < -0.3 is 0 Å². The number of carbonyl (C=O) groups is 1. The van der Waals surface area contributed by atoms with Gasteiger partial charge in [-0.1, -0.05) is 20.8 Å². The minimum atomic E-state index is -1.68. The lowest BCUT2D eigenvalue weighted by atomic mass is 9.53. The molecule has 82 valence electrons. The number of hydrogen-bond acceptors (Lipinski definition) is 4. The highest BCUT2D eigenvalue weighted by molar-refractivity contribution is 5.95. The van der Waals surface area contributed by atoms with E-state index in [2.05, 4.69) is 0 Å². The van der Waals surface area contributed by atoms with E-state index in [9.17, 15) is 4.79 Å². The molecule has 2 unspecified atom stereocenters. The second-order valence-electron chi connectivity index (χ2n) is 5.01. The summed E-state index contributed by atoms with van der Waals surface area (Å²) >= 11 is 0. The Hall–Kier alpha value is -1.86. The largest absolute Gasteiger partial charge is 0.295 e. The Bertz CT molecular complexity index is 430. The van der Waals surface area contributed by atoms with Crippen molar-refractivity contribution in [3.63, 3.8) is 0 Å². The van der Waals surface area contributed by atoms with E-state index in [1.165, 1.54) is 0 Å². The van der Waals surface area contributed by atoms with E-state index in [4.69, 9.17) is 15.8 Å². The van der Waals surface area contributed by atoms with E-state index in [0.29, 0.717) is 6.42 Å². The minimum Gasteiger partial charge on any atom is -0.295 e. The maximum absolute atomic E-state index is 12.1. The van der Waals surface area contributed by atoms with E-state index in [0.717, 1.165) is 0 Å². The first kappa shape index (κ1) is 12.2. The summed E-state index contributed by atoms with van der Waals surface area (Å²) in [5.41, 5.74) is -2.39. The van der Waals surface area contributed by atoms with Crippen LogP contribution in [0.2, 0.25) is 0 Å². The Morgan fingerprint density at radius 3 is 2.12 bits per heavy atom. The number of carbonyl (C=O) groups excluding carboxylic acids is 1. The molecule has 4 nitrogen and oxygen atoms in total. The second kappa shape index (κ2) is 3.62. The molecule has 1 saturated carbocycles. The first-order chi connectivity index (χ1) is 7.36. The predicted molar refractivity (Wildman–Crippen MR) is 55.3 cm³/mol. The normalized spacial score (nSPS) is 30.9. The van der Waals surface area contributed by atoms with E-state index in [1.54, 1.807) is 13.8 Å². The summed E-state index contributed by atoms with van der Waals surface area (Å²) < 4.78 is 0. The molecule has 1 fully saturated rings. The molecule has 0 aromatic heterocycles. The van der Waals surface area contributed by atoms with Crippen LogP contribution in [0, 0.1) is 56.7 Å². The molecule has 16 heavy (non-hydrogen) atoms. The van der Waals surface area contributed by atoms with E-state index in [1.807, 2.05) is 25.1 Å². The molecule has 0 aromatic carbocycles. The predicted octanol–water partition coefficient (Wildman–Crippen LogP) is 1.79. The zero-order valence-corrected chi connectivity index (χ0v) is 9.61. The van der Waals surface area contributed by atoms with Gasteiger partial charge in [0.2, 0.25) is 5.41 Å². The number of Topliss-reactive ketones (excluding diaryl/α,β-unsaturated/α-hetero) is 1. The molecule has 2 atom stereocenters. The highest BCUT2D eigenvalue weighted by Crippen LogP contribution is 2.51. The van der Waals surface area contributed by atoms with Crippen LogP contribution in [0.1, 0.15) is 27.2 Å². The molecule has 4 heteroatoms. The molecular weight excluding hydrogens is 202 g/mol. The first-order valence-corrected chi connectivity index (χ1v) is 5.12. The zero-order chi connectivity index (χ0) is 12.6. The van der Waals surface area contributed by atoms with Crippen molar-refractivity contribution >= 4 is 5.78 Å². The number of hydrogen-bond donors (Lipinski definition) is 0. The molecule has 0 aromatic rings. The average molecular weight is 215 g/mol. The molecule has 1 rings (SSSR count). The van der Waals surface area contributed by atoms with Crippen LogP contribution < -0.4 is 0 Å². The lowest BCUT2D eigenvalue weighted by Gasteiger charge is -2.43. The summed E-state index contributed by atoms with van der Waals surface area (Å²) in [6.45, 7) is 5.29. The molecule has 0 heterocycles. The lowest BCUT2D eigenvalue weighted by Crippen LogP contribution is -2.52. The highest BCUT2D eigenvalue weighted by atomic mass is 16.1. The zero-order valence-electron chi connectivity index (χ0n) is 9.61. The summed E-state index contributed by atoms with van der Waals surface area (Å²) in [7, 11) is 0. The van der Waals surface area contributed by atoms with Crippen molar-refractivity contribution in [1.29, 1.82) is 15.8 Å². The van der Waals surface area contributed by atoms with Gasteiger partial charge in [0.15, 0.2) is 5.78 Å². The number of ketones is 1. The van der Waals surface area contributed by atoms with Gasteiger partial charge in [-0.05, 0) is 12.3 Å². The lowest BCUT2D eigenvalue weighted by molar-refractivity contribution is -0.136. The van der Waals surface area contributed by atoms with Crippen LogP contribution in [-0.4, -0.2) is 5.78 Å². The van der Waals surface area contributed by atoms with Crippen LogP contribution in [0.4, 0.5) is 0 Å². The molecular formula is C12H13N3O. The molecule has 0 radical (unpaired) electrons. The SMILES string of the molecule is CC1CC(C)(C)C(C#N)(C#N)C(=O)C1C#N.